The summed E-state index contributed by atoms with van der Waals surface area (Å²) in [6.07, 6.45) is 9.13. The van der Waals surface area contributed by atoms with E-state index in [1.165, 1.54) is 49.7 Å². The molecule has 0 aliphatic heterocycles. The average Bonchev–Trinajstić information content (AvgIpc) is 2.68. The molecule has 0 radical (unpaired) electrons. The van der Waals surface area contributed by atoms with Crippen LogP contribution in [-0.4, -0.2) is 5.11 Å². The summed E-state index contributed by atoms with van der Waals surface area (Å²) in [5.74, 6) is 1.35. The second-order valence-corrected chi connectivity index (χ2v) is 5.85. The normalized spacial score (nSPS) is 29.2. The van der Waals surface area contributed by atoms with Gasteiger partial charge in [0.2, 0.25) is 0 Å². The lowest BCUT2D eigenvalue weighted by Crippen LogP contribution is -2.15. The molecular weight excluding hydrogens is 208 g/mol. The third kappa shape index (κ3) is 2.26. The van der Waals surface area contributed by atoms with Gasteiger partial charge in [0.25, 0.3) is 0 Å². The van der Waals surface area contributed by atoms with Crippen LogP contribution in [0.4, 0.5) is 0 Å². The van der Waals surface area contributed by atoms with Gasteiger partial charge in [-0.25, -0.2) is 0 Å². The van der Waals surface area contributed by atoms with Crippen LogP contribution < -0.4 is 0 Å². The Labute approximate surface area is 104 Å². The third-order valence-corrected chi connectivity index (χ3v) is 4.66. The van der Waals surface area contributed by atoms with Crippen molar-refractivity contribution in [1.82, 2.24) is 0 Å². The number of fused-ring (bicyclic) bond motifs is 1. The Bertz CT molecular complexity index is 379. The topological polar surface area (TPSA) is 20.2 Å². The Morgan fingerprint density at radius 3 is 2.59 bits per heavy atom. The molecule has 1 saturated carbocycles. The van der Waals surface area contributed by atoms with Gasteiger partial charge in [0.05, 0.1) is 6.10 Å². The molecule has 1 N–H and O–H groups in total. The fourth-order valence-corrected chi connectivity index (χ4v) is 3.72. The van der Waals surface area contributed by atoms with Crippen molar-refractivity contribution in [3.05, 3.63) is 35.4 Å². The second-order valence-electron chi connectivity index (χ2n) is 5.85. The molecule has 0 amide bonds. The predicted octanol–water partition coefficient (Wildman–Crippen LogP) is 3.86. The Hall–Kier alpha value is -0.820. The van der Waals surface area contributed by atoms with Gasteiger partial charge in [-0.2, -0.15) is 0 Å². The Kier molecular flexibility index (Phi) is 3.19. The van der Waals surface area contributed by atoms with Crippen molar-refractivity contribution < 1.29 is 5.11 Å². The minimum atomic E-state index is -0.201. The summed E-state index contributed by atoms with van der Waals surface area (Å²) in [5, 5.41) is 10.4. The summed E-state index contributed by atoms with van der Waals surface area (Å²) in [6, 6.07) is 8.42. The van der Waals surface area contributed by atoms with E-state index >= 15 is 0 Å². The SMILES string of the molecule is OC1c2ccccc2CC1CC1CCCCC1. The fraction of sp³-hybridized carbons (Fsp3) is 0.625. The molecule has 2 aliphatic rings. The summed E-state index contributed by atoms with van der Waals surface area (Å²) in [7, 11) is 0. The molecule has 2 aliphatic carbocycles. The Morgan fingerprint density at radius 1 is 1.06 bits per heavy atom. The Balaban J connectivity index is 1.67. The summed E-state index contributed by atoms with van der Waals surface area (Å²) in [4.78, 5) is 0. The zero-order chi connectivity index (χ0) is 11.7. The first kappa shape index (κ1) is 11.3. The Morgan fingerprint density at radius 2 is 1.82 bits per heavy atom. The van der Waals surface area contributed by atoms with E-state index in [4.69, 9.17) is 0 Å². The lowest BCUT2D eigenvalue weighted by Gasteiger charge is -2.26. The van der Waals surface area contributed by atoms with Crippen molar-refractivity contribution in [3.8, 4) is 0 Å². The van der Waals surface area contributed by atoms with Gasteiger partial charge < -0.3 is 5.11 Å². The monoisotopic (exact) mass is 230 g/mol. The molecule has 0 spiro atoms. The lowest BCUT2D eigenvalue weighted by molar-refractivity contribution is 0.101. The summed E-state index contributed by atoms with van der Waals surface area (Å²) in [6.45, 7) is 0. The minimum absolute atomic E-state index is 0.201. The van der Waals surface area contributed by atoms with Crippen molar-refractivity contribution in [1.29, 1.82) is 0 Å². The summed E-state index contributed by atoms with van der Waals surface area (Å²) < 4.78 is 0. The molecule has 1 aromatic rings. The van der Waals surface area contributed by atoms with Crippen LogP contribution in [0.15, 0.2) is 24.3 Å². The van der Waals surface area contributed by atoms with Crippen LogP contribution in [0.2, 0.25) is 0 Å². The summed E-state index contributed by atoms with van der Waals surface area (Å²) >= 11 is 0. The molecule has 0 saturated heterocycles. The lowest BCUT2D eigenvalue weighted by atomic mass is 9.81. The zero-order valence-electron chi connectivity index (χ0n) is 10.4. The van der Waals surface area contributed by atoms with Crippen molar-refractivity contribution in [2.45, 2.75) is 51.0 Å². The fourth-order valence-electron chi connectivity index (χ4n) is 3.72. The maximum Gasteiger partial charge on any atom is 0.0824 e. The number of rotatable bonds is 2. The van der Waals surface area contributed by atoms with Gasteiger partial charge in [0, 0.05) is 0 Å². The van der Waals surface area contributed by atoms with E-state index in [2.05, 4.69) is 18.2 Å². The van der Waals surface area contributed by atoms with Crippen molar-refractivity contribution in [2.24, 2.45) is 11.8 Å². The first-order valence-corrected chi connectivity index (χ1v) is 7.10. The molecule has 0 heterocycles. The third-order valence-electron chi connectivity index (χ3n) is 4.66. The maximum atomic E-state index is 10.4. The maximum absolute atomic E-state index is 10.4. The van der Waals surface area contributed by atoms with E-state index in [1.54, 1.807) is 0 Å². The van der Waals surface area contributed by atoms with Gasteiger partial charge in [-0.15, -0.1) is 0 Å². The summed E-state index contributed by atoms with van der Waals surface area (Å²) in [5.41, 5.74) is 2.56. The van der Waals surface area contributed by atoms with E-state index in [1.807, 2.05) is 6.07 Å². The molecule has 1 fully saturated rings. The van der Waals surface area contributed by atoms with Gasteiger partial charge in [0.1, 0.15) is 0 Å². The van der Waals surface area contributed by atoms with Gasteiger partial charge in [0.15, 0.2) is 0 Å². The van der Waals surface area contributed by atoms with Crippen LogP contribution in [0.1, 0.15) is 55.8 Å². The van der Waals surface area contributed by atoms with E-state index in [-0.39, 0.29) is 6.10 Å². The number of aliphatic hydroxyl groups is 1. The van der Waals surface area contributed by atoms with Crippen LogP contribution in [0.25, 0.3) is 0 Å². The molecule has 1 nitrogen and oxygen atoms in total. The van der Waals surface area contributed by atoms with Crippen LogP contribution in [0, 0.1) is 11.8 Å². The van der Waals surface area contributed by atoms with Crippen molar-refractivity contribution in [3.63, 3.8) is 0 Å². The molecule has 92 valence electrons. The molecular formula is C16H22O. The molecule has 2 atom stereocenters. The predicted molar refractivity (Wildman–Crippen MR) is 69.8 cm³/mol. The second kappa shape index (κ2) is 4.81. The van der Waals surface area contributed by atoms with Gasteiger partial charge in [-0.3, -0.25) is 0 Å². The number of hydrogen-bond acceptors (Lipinski definition) is 1. The molecule has 1 heteroatoms. The number of benzene rings is 1. The zero-order valence-corrected chi connectivity index (χ0v) is 10.4. The highest BCUT2D eigenvalue weighted by molar-refractivity contribution is 5.34. The van der Waals surface area contributed by atoms with Crippen LogP contribution >= 0.6 is 0 Å². The van der Waals surface area contributed by atoms with E-state index in [9.17, 15) is 5.11 Å². The van der Waals surface area contributed by atoms with Crippen LogP contribution in [0.5, 0.6) is 0 Å². The van der Waals surface area contributed by atoms with Crippen molar-refractivity contribution >= 4 is 0 Å². The molecule has 2 unspecified atom stereocenters. The smallest absolute Gasteiger partial charge is 0.0824 e. The largest absolute Gasteiger partial charge is 0.388 e. The highest BCUT2D eigenvalue weighted by Crippen LogP contribution is 2.41. The first-order valence-electron chi connectivity index (χ1n) is 7.10. The molecule has 0 bridgehead atoms. The van der Waals surface area contributed by atoms with Gasteiger partial charge >= 0.3 is 0 Å². The van der Waals surface area contributed by atoms with E-state index in [0.717, 1.165) is 12.3 Å². The standard InChI is InChI=1S/C16H22O/c17-16-14(10-12-6-2-1-3-7-12)11-13-8-4-5-9-15(13)16/h4-5,8-9,12,14,16-17H,1-3,6-7,10-11H2. The highest BCUT2D eigenvalue weighted by Gasteiger charge is 2.32. The number of hydrogen-bond donors (Lipinski definition) is 1. The highest BCUT2D eigenvalue weighted by atomic mass is 16.3. The minimum Gasteiger partial charge on any atom is -0.388 e. The first-order chi connectivity index (χ1) is 8.34. The van der Waals surface area contributed by atoms with Crippen molar-refractivity contribution in [2.75, 3.05) is 0 Å². The molecule has 1 aromatic carbocycles. The molecule has 17 heavy (non-hydrogen) atoms. The van der Waals surface area contributed by atoms with Crippen LogP contribution in [0.3, 0.4) is 0 Å². The molecule has 3 rings (SSSR count). The van der Waals surface area contributed by atoms with Gasteiger partial charge in [-0.05, 0) is 35.8 Å². The molecule has 0 aromatic heterocycles. The van der Waals surface area contributed by atoms with Gasteiger partial charge in [-0.1, -0.05) is 56.4 Å². The van der Waals surface area contributed by atoms with Crippen LogP contribution in [-0.2, 0) is 6.42 Å². The number of aliphatic hydroxyl groups excluding tert-OH is 1. The quantitative estimate of drug-likeness (QED) is 0.818. The average molecular weight is 230 g/mol. The van der Waals surface area contributed by atoms with E-state index in [0.29, 0.717) is 5.92 Å². The van der Waals surface area contributed by atoms with E-state index < -0.39 is 0 Å².